The summed E-state index contributed by atoms with van der Waals surface area (Å²) in [7, 11) is 2.24. The number of nitrogens with zero attached hydrogens (tertiary/aromatic N) is 2. The SMILES string of the molecule is CN1CCCN(CC2CCCC2CN)CC1. The van der Waals surface area contributed by atoms with Gasteiger partial charge in [0.15, 0.2) is 0 Å². The van der Waals surface area contributed by atoms with E-state index < -0.39 is 0 Å². The van der Waals surface area contributed by atoms with Crippen LogP contribution in [0.3, 0.4) is 0 Å². The van der Waals surface area contributed by atoms with Crippen LogP contribution in [0.5, 0.6) is 0 Å². The minimum atomic E-state index is 0.806. The lowest BCUT2D eigenvalue weighted by Gasteiger charge is -2.27. The van der Waals surface area contributed by atoms with Crippen molar-refractivity contribution in [3.63, 3.8) is 0 Å². The second kappa shape index (κ2) is 5.99. The molecule has 16 heavy (non-hydrogen) atoms. The van der Waals surface area contributed by atoms with E-state index in [0.29, 0.717) is 0 Å². The smallest absolute Gasteiger partial charge is 0.0109 e. The zero-order valence-corrected chi connectivity index (χ0v) is 10.7. The molecule has 2 aliphatic rings. The molecular formula is C13H27N3. The fourth-order valence-corrected chi connectivity index (χ4v) is 3.28. The Morgan fingerprint density at radius 2 is 1.81 bits per heavy atom. The van der Waals surface area contributed by atoms with E-state index in [4.69, 9.17) is 5.73 Å². The van der Waals surface area contributed by atoms with Crippen molar-refractivity contribution in [2.75, 3.05) is 46.3 Å². The molecule has 1 saturated carbocycles. The van der Waals surface area contributed by atoms with Crippen LogP contribution in [0.4, 0.5) is 0 Å². The van der Waals surface area contributed by atoms with Crippen molar-refractivity contribution in [3.05, 3.63) is 0 Å². The highest BCUT2D eigenvalue weighted by Crippen LogP contribution is 2.31. The van der Waals surface area contributed by atoms with Gasteiger partial charge in [-0.3, -0.25) is 0 Å². The Labute approximate surface area is 100.0 Å². The molecule has 0 radical (unpaired) electrons. The largest absolute Gasteiger partial charge is 0.330 e. The average Bonchev–Trinajstić information content (AvgIpc) is 2.63. The third-order valence-corrected chi connectivity index (χ3v) is 4.42. The molecule has 94 valence electrons. The van der Waals surface area contributed by atoms with E-state index in [-0.39, 0.29) is 0 Å². The number of likely N-dealkylation sites (N-methyl/N-ethyl adjacent to an activating group) is 1. The summed E-state index contributed by atoms with van der Waals surface area (Å²) >= 11 is 0. The molecule has 0 aromatic rings. The van der Waals surface area contributed by atoms with Crippen LogP contribution in [0.1, 0.15) is 25.7 Å². The molecule has 2 fully saturated rings. The first-order chi connectivity index (χ1) is 7.79. The Morgan fingerprint density at radius 1 is 1.00 bits per heavy atom. The number of hydrogen-bond donors (Lipinski definition) is 1. The van der Waals surface area contributed by atoms with Crippen LogP contribution in [0.25, 0.3) is 0 Å². The van der Waals surface area contributed by atoms with Gasteiger partial charge in [0.1, 0.15) is 0 Å². The van der Waals surface area contributed by atoms with Crippen molar-refractivity contribution in [1.29, 1.82) is 0 Å². The van der Waals surface area contributed by atoms with Crippen molar-refractivity contribution in [2.24, 2.45) is 17.6 Å². The van der Waals surface area contributed by atoms with Gasteiger partial charge in [-0.25, -0.2) is 0 Å². The van der Waals surface area contributed by atoms with E-state index in [9.17, 15) is 0 Å². The summed E-state index contributed by atoms with van der Waals surface area (Å²) in [6.07, 6.45) is 5.51. The summed E-state index contributed by atoms with van der Waals surface area (Å²) < 4.78 is 0. The van der Waals surface area contributed by atoms with Crippen molar-refractivity contribution in [2.45, 2.75) is 25.7 Å². The van der Waals surface area contributed by atoms with Gasteiger partial charge in [-0.1, -0.05) is 6.42 Å². The molecule has 0 aromatic carbocycles. The first-order valence-corrected chi connectivity index (χ1v) is 6.90. The predicted octanol–water partition coefficient (Wildman–Crippen LogP) is 0.999. The third kappa shape index (κ3) is 3.19. The van der Waals surface area contributed by atoms with Gasteiger partial charge in [-0.05, 0) is 57.8 Å². The molecule has 1 aliphatic heterocycles. The third-order valence-electron chi connectivity index (χ3n) is 4.42. The summed E-state index contributed by atoms with van der Waals surface area (Å²) in [5.74, 6) is 1.69. The lowest BCUT2D eigenvalue weighted by atomic mass is 9.95. The van der Waals surface area contributed by atoms with E-state index in [0.717, 1.165) is 18.4 Å². The maximum Gasteiger partial charge on any atom is 0.0109 e. The van der Waals surface area contributed by atoms with Crippen molar-refractivity contribution < 1.29 is 0 Å². The summed E-state index contributed by atoms with van der Waals surface area (Å²) in [6, 6.07) is 0. The lowest BCUT2D eigenvalue weighted by molar-refractivity contribution is 0.211. The Balaban J connectivity index is 1.79. The first-order valence-electron chi connectivity index (χ1n) is 6.90. The van der Waals surface area contributed by atoms with Gasteiger partial charge in [0, 0.05) is 19.6 Å². The second-order valence-corrected chi connectivity index (χ2v) is 5.64. The molecule has 3 nitrogen and oxygen atoms in total. The Hall–Kier alpha value is -0.120. The zero-order valence-electron chi connectivity index (χ0n) is 10.7. The van der Waals surface area contributed by atoms with E-state index >= 15 is 0 Å². The quantitative estimate of drug-likeness (QED) is 0.778. The minimum Gasteiger partial charge on any atom is -0.330 e. The number of rotatable bonds is 3. The molecule has 2 unspecified atom stereocenters. The summed E-state index contributed by atoms with van der Waals surface area (Å²) in [5.41, 5.74) is 5.86. The average molecular weight is 225 g/mol. The van der Waals surface area contributed by atoms with Gasteiger partial charge in [-0.2, -0.15) is 0 Å². The van der Waals surface area contributed by atoms with Gasteiger partial charge < -0.3 is 15.5 Å². The van der Waals surface area contributed by atoms with Gasteiger partial charge in [-0.15, -0.1) is 0 Å². The summed E-state index contributed by atoms with van der Waals surface area (Å²) in [5, 5.41) is 0. The maximum atomic E-state index is 5.86. The highest BCUT2D eigenvalue weighted by atomic mass is 15.2. The van der Waals surface area contributed by atoms with Crippen LogP contribution in [0.15, 0.2) is 0 Å². The van der Waals surface area contributed by atoms with E-state index in [1.165, 1.54) is 58.4 Å². The van der Waals surface area contributed by atoms with E-state index in [2.05, 4.69) is 16.8 Å². The topological polar surface area (TPSA) is 32.5 Å². The van der Waals surface area contributed by atoms with E-state index in [1.54, 1.807) is 0 Å². The molecule has 1 heterocycles. The molecule has 0 amide bonds. The molecule has 1 saturated heterocycles. The summed E-state index contributed by atoms with van der Waals surface area (Å²) in [6.45, 7) is 7.25. The monoisotopic (exact) mass is 225 g/mol. The van der Waals surface area contributed by atoms with Crippen LogP contribution in [-0.2, 0) is 0 Å². The number of hydrogen-bond acceptors (Lipinski definition) is 3. The molecule has 2 N–H and O–H groups in total. The summed E-state index contributed by atoms with van der Waals surface area (Å²) in [4.78, 5) is 5.12. The predicted molar refractivity (Wildman–Crippen MR) is 68.4 cm³/mol. The molecule has 0 spiro atoms. The normalized spacial score (nSPS) is 34.1. The van der Waals surface area contributed by atoms with Crippen LogP contribution < -0.4 is 5.73 Å². The molecule has 2 rings (SSSR count). The van der Waals surface area contributed by atoms with Gasteiger partial charge >= 0.3 is 0 Å². The molecule has 1 aliphatic carbocycles. The highest BCUT2D eigenvalue weighted by Gasteiger charge is 2.28. The first kappa shape index (κ1) is 12.3. The standard InChI is InChI=1S/C13H27N3/c1-15-6-3-7-16(9-8-15)11-13-5-2-4-12(13)10-14/h12-13H,2-11,14H2,1H3. The van der Waals surface area contributed by atoms with Crippen LogP contribution in [-0.4, -0.2) is 56.1 Å². The maximum absolute atomic E-state index is 5.86. The fraction of sp³-hybridized carbons (Fsp3) is 1.00. The lowest BCUT2D eigenvalue weighted by Crippen LogP contribution is -2.35. The van der Waals surface area contributed by atoms with Crippen LogP contribution in [0.2, 0.25) is 0 Å². The van der Waals surface area contributed by atoms with Crippen molar-refractivity contribution in [3.8, 4) is 0 Å². The Kier molecular flexibility index (Phi) is 4.62. The fourth-order valence-electron chi connectivity index (χ4n) is 3.28. The molecule has 0 aromatic heterocycles. The van der Waals surface area contributed by atoms with Gasteiger partial charge in [0.05, 0.1) is 0 Å². The van der Waals surface area contributed by atoms with E-state index in [1.807, 2.05) is 0 Å². The minimum absolute atomic E-state index is 0.806. The van der Waals surface area contributed by atoms with Crippen LogP contribution in [0, 0.1) is 11.8 Å². The van der Waals surface area contributed by atoms with Gasteiger partial charge in [0.2, 0.25) is 0 Å². The Morgan fingerprint density at radius 3 is 2.62 bits per heavy atom. The van der Waals surface area contributed by atoms with Crippen LogP contribution >= 0.6 is 0 Å². The number of nitrogens with two attached hydrogens (primary N) is 1. The molecule has 2 atom stereocenters. The molecular weight excluding hydrogens is 198 g/mol. The Bertz CT molecular complexity index is 207. The molecule has 3 heteroatoms. The van der Waals surface area contributed by atoms with Crippen molar-refractivity contribution >= 4 is 0 Å². The second-order valence-electron chi connectivity index (χ2n) is 5.64. The van der Waals surface area contributed by atoms with Gasteiger partial charge in [0.25, 0.3) is 0 Å². The highest BCUT2D eigenvalue weighted by molar-refractivity contribution is 4.81. The van der Waals surface area contributed by atoms with Crippen molar-refractivity contribution in [1.82, 2.24) is 9.80 Å². The zero-order chi connectivity index (χ0) is 11.4. The molecule has 0 bridgehead atoms.